The molecular formula is C26H30N2O5. The number of fused-ring (bicyclic) bond motifs is 3. The second kappa shape index (κ2) is 10.1. The summed E-state index contributed by atoms with van der Waals surface area (Å²) in [6, 6.07) is 16.1. The van der Waals surface area contributed by atoms with Crippen molar-refractivity contribution in [2.45, 2.75) is 44.1 Å². The number of benzene rings is 2. The predicted molar refractivity (Wildman–Crippen MR) is 124 cm³/mol. The Morgan fingerprint density at radius 3 is 2.24 bits per heavy atom. The number of nitrogens with zero attached hydrogens (tertiary/aromatic N) is 1. The van der Waals surface area contributed by atoms with Crippen LogP contribution in [0.1, 0.15) is 49.1 Å². The molecule has 7 nitrogen and oxygen atoms in total. The van der Waals surface area contributed by atoms with Crippen molar-refractivity contribution in [3.63, 3.8) is 0 Å². The molecule has 0 bridgehead atoms. The van der Waals surface area contributed by atoms with Gasteiger partial charge < -0.3 is 20.1 Å². The number of rotatable bonds is 10. The van der Waals surface area contributed by atoms with Crippen molar-refractivity contribution in [3.8, 4) is 11.1 Å². The third kappa shape index (κ3) is 5.53. The van der Waals surface area contributed by atoms with Crippen molar-refractivity contribution >= 4 is 18.0 Å². The quantitative estimate of drug-likeness (QED) is 0.570. The normalized spacial score (nSPS) is 15.3. The molecule has 2 amide bonds. The third-order valence-electron chi connectivity index (χ3n) is 6.54. The molecule has 7 heteroatoms. The van der Waals surface area contributed by atoms with Crippen LogP contribution in [0.15, 0.2) is 48.5 Å². The van der Waals surface area contributed by atoms with E-state index in [1.54, 1.807) is 7.05 Å². The Labute approximate surface area is 193 Å². The lowest BCUT2D eigenvalue weighted by atomic mass is 9.98. The van der Waals surface area contributed by atoms with Gasteiger partial charge >= 0.3 is 12.1 Å². The Morgan fingerprint density at radius 1 is 1.06 bits per heavy atom. The van der Waals surface area contributed by atoms with Crippen LogP contribution in [-0.2, 0) is 14.3 Å². The van der Waals surface area contributed by atoms with Crippen molar-refractivity contribution in [2.24, 2.45) is 5.92 Å². The van der Waals surface area contributed by atoms with Crippen LogP contribution in [-0.4, -0.2) is 54.2 Å². The molecular weight excluding hydrogens is 420 g/mol. The number of carbonyl (C=O) groups excluding carboxylic acids is 2. The average Bonchev–Trinajstić information content (AvgIpc) is 3.60. The number of carboxylic acids is 1. The average molecular weight is 451 g/mol. The van der Waals surface area contributed by atoms with Crippen LogP contribution in [0.2, 0.25) is 0 Å². The van der Waals surface area contributed by atoms with Gasteiger partial charge in [0.2, 0.25) is 5.91 Å². The number of carbonyl (C=O) groups is 3. The Balaban J connectivity index is 1.32. The first-order valence-corrected chi connectivity index (χ1v) is 11.5. The van der Waals surface area contributed by atoms with Crippen molar-refractivity contribution < 1.29 is 24.2 Å². The molecule has 2 aliphatic rings. The molecule has 2 aromatic carbocycles. The summed E-state index contributed by atoms with van der Waals surface area (Å²) in [6.07, 6.45) is 2.08. The van der Waals surface area contributed by atoms with Gasteiger partial charge in [-0.1, -0.05) is 48.5 Å². The second-order valence-corrected chi connectivity index (χ2v) is 8.93. The zero-order valence-electron chi connectivity index (χ0n) is 18.8. The van der Waals surface area contributed by atoms with E-state index in [-0.39, 0.29) is 43.2 Å². The van der Waals surface area contributed by atoms with Crippen molar-refractivity contribution in [2.75, 3.05) is 20.2 Å². The molecule has 1 saturated carbocycles. The minimum Gasteiger partial charge on any atom is -0.481 e. The summed E-state index contributed by atoms with van der Waals surface area (Å²) in [5.74, 6) is -0.703. The molecule has 0 saturated heterocycles. The molecule has 0 aromatic heterocycles. The van der Waals surface area contributed by atoms with Gasteiger partial charge in [0.1, 0.15) is 6.61 Å². The van der Waals surface area contributed by atoms with Gasteiger partial charge in [0.05, 0.1) is 0 Å². The van der Waals surface area contributed by atoms with Gasteiger partial charge in [0.25, 0.3) is 0 Å². The van der Waals surface area contributed by atoms with Crippen LogP contribution in [0, 0.1) is 5.92 Å². The smallest absolute Gasteiger partial charge is 0.407 e. The first kappa shape index (κ1) is 22.8. The summed E-state index contributed by atoms with van der Waals surface area (Å²) in [4.78, 5) is 37.4. The SMILES string of the molecule is CN(CCCC(=O)O)C(=O)CC(NC(=O)OCC1c2ccccc2-c2ccccc21)C1CC1. The molecule has 2 N–H and O–H groups in total. The Bertz CT molecular complexity index is 987. The molecule has 1 fully saturated rings. The molecule has 1 unspecified atom stereocenters. The zero-order chi connectivity index (χ0) is 23.4. The second-order valence-electron chi connectivity index (χ2n) is 8.93. The van der Waals surface area contributed by atoms with Gasteiger partial charge in [-0.2, -0.15) is 0 Å². The number of aliphatic carboxylic acids is 1. The van der Waals surface area contributed by atoms with Crippen molar-refractivity contribution in [3.05, 3.63) is 59.7 Å². The lowest BCUT2D eigenvalue weighted by Gasteiger charge is -2.23. The largest absolute Gasteiger partial charge is 0.481 e. The number of carboxylic acid groups (broad SMARTS) is 1. The van der Waals surface area contributed by atoms with E-state index in [0.717, 1.165) is 24.0 Å². The highest BCUT2D eigenvalue weighted by atomic mass is 16.5. The van der Waals surface area contributed by atoms with E-state index in [9.17, 15) is 14.4 Å². The van der Waals surface area contributed by atoms with Crippen LogP contribution in [0.3, 0.4) is 0 Å². The molecule has 174 valence electrons. The van der Waals surface area contributed by atoms with E-state index >= 15 is 0 Å². The molecule has 33 heavy (non-hydrogen) atoms. The van der Waals surface area contributed by atoms with Gasteiger partial charge in [0.15, 0.2) is 0 Å². The minimum absolute atomic E-state index is 0.00970. The highest BCUT2D eigenvalue weighted by molar-refractivity contribution is 5.79. The number of hydrogen-bond donors (Lipinski definition) is 2. The van der Waals surface area contributed by atoms with Gasteiger partial charge in [-0.15, -0.1) is 0 Å². The molecule has 4 rings (SSSR count). The number of alkyl carbamates (subject to hydrolysis) is 1. The van der Waals surface area contributed by atoms with Gasteiger partial charge in [-0.3, -0.25) is 9.59 Å². The fourth-order valence-electron chi connectivity index (χ4n) is 4.56. The van der Waals surface area contributed by atoms with E-state index < -0.39 is 12.1 Å². The first-order chi connectivity index (χ1) is 15.9. The summed E-state index contributed by atoms with van der Waals surface area (Å²) in [7, 11) is 1.67. The lowest BCUT2D eigenvalue weighted by Crippen LogP contribution is -2.41. The van der Waals surface area contributed by atoms with E-state index in [1.807, 2.05) is 24.3 Å². The van der Waals surface area contributed by atoms with Crippen LogP contribution in [0.4, 0.5) is 4.79 Å². The highest BCUT2D eigenvalue weighted by Gasteiger charge is 2.35. The number of nitrogens with one attached hydrogen (secondary N) is 1. The zero-order valence-corrected chi connectivity index (χ0v) is 18.8. The molecule has 0 spiro atoms. The Kier molecular flexibility index (Phi) is 6.96. The Morgan fingerprint density at radius 2 is 1.67 bits per heavy atom. The van der Waals surface area contributed by atoms with Gasteiger partial charge in [-0.25, -0.2) is 4.79 Å². The minimum atomic E-state index is -0.872. The van der Waals surface area contributed by atoms with E-state index in [4.69, 9.17) is 9.84 Å². The predicted octanol–water partition coefficient (Wildman–Crippen LogP) is 4.02. The molecule has 0 heterocycles. The van der Waals surface area contributed by atoms with Gasteiger partial charge in [0, 0.05) is 38.4 Å². The molecule has 0 radical (unpaired) electrons. The van der Waals surface area contributed by atoms with E-state index in [0.29, 0.717) is 13.0 Å². The maximum atomic E-state index is 12.6. The summed E-state index contributed by atoms with van der Waals surface area (Å²) in [5.41, 5.74) is 4.66. The monoisotopic (exact) mass is 450 g/mol. The highest BCUT2D eigenvalue weighted by Crippen LogP contribution is 2.44. The number of ether oxygens (including phenoxy) is 1. The van der Waals surface area contributed by atoms with Crippen molar-refractivity contribution in [1.29, 1.82) is 0 Å². The molecule has 2 aromatic rings. The summed E-state index contributed by atoms with van der Waals surface area (Å²) in [5, 5.41) is 11.7. The first-order valence-electron chi connectivity index (χ1n) is 11.5. The van der Waals surface area contributed by atoms with Crippen LogP contribution >= 0.6 is 0 Å². The summed E-state index contributed by atoms with van der Waals surface area (Å²) < 4.78 is 5.64. The molecule has 2 aliphatic carbocycles. The number of hydrogen-bond acceptors (Lipinski definition) is 4. The van der Waals surface area contributed by atoms with E-state index in [1.165, 1.54) is 16.0 Å². The van der Waals surface area contributed by atoms with Crippen LogP contribution in [0.5, 0.6) is 0 Å². The number of amides is 2. The molecule has 0 aliphatic heterocycles. The third-order valence-corrected chi connectivity index (χ3v) is 6.54. The van der Waals surface area contributed by atoms with Crippen LogP contribution < -0.4 is 5.32 Å². The van der Waals surface area contributed by atoms with E-state index in [2.05, 4.69) is 29.6 Å². The standard InChI is InChI=1S/C26H30N2O5/c1-28(14-6-11-25(30)31)24(29)15-23(17-12-13-17)27-26(32)33-16-22-20-9-4-2-7-18(20)19-8-3-5-10-21(19)22/h2-5,7-10,17,22-23H,6,11-16H2,1H3,(H,27,32)(H,30,31). The van der Waals surface area contributed by atoms with Crippen LogP contribution in [0.25, 0.3) is 11.1 Å². The van der Waals surface area contributed by atoms with Crippen molar-refractivity contribution in [1.82, 2.24) is 10.2 Å². The maximum absolute atomic E-state index is 12.6. The topological polar surface area (TPSA) is 95.9 Å². The lowest BCUT2D eigenvalue weighted by molar-refractivity contribution is -0.138. The summed E-state index contributed by atoms with van der Waals surface area (Å²) >= 11 is 0. The molecule has 1 atom stereocenters. The maximum Gasteiger partial charge on any atom is 0.407 e. The summed E-state index contributed by atoms with van der Waals surface area (Å²) in [6.45, 7) is 0.619. The fourth-order valence-corrected chi connectivity index (χ4v) is 4.56. The fraction of sp³-hybridized carbons (Fsp3) is 0.423. The van der Waals surface area contributed by atoms with Gasteiger partial charge in [-0.05, 0) is 47.4 Å². The Hall–Kier alpha value is -3.35.